The maximum absolute atomic E-state index is 8.89. The monoisotopic (exact) mass is 264 g/mol. The minimum atomic E-state index is 0.250. The zero-order valence-corrected chi connectivity index (χ0v) is 11.7. The van der Waals surface area contributed by atoms with E-state index in [0.29, 0.717) is 0 Å². The van der Waals surface area contributed by atoms with Crippen LogP contribution in [-0.4, -0.2) is 54.8 Å². The molecule has 0 atom stereocenters. The van der Waals surface area contributed by atoms with Gasteiger partial charge in [-0.1, -0.05) is 0 Å². The predicted molar refractivity (Wildman–Crippen MR) is 78.4 cm³/mol. The molecule has 1 aromatic heterocycles. The van der Waals surface area contributed by atoms with Crippen molar-refractivity contribution in [2.24, 2.45) is 0 Å². The quantitative estimate of drug-likeness (QED) is 0.768. The van der Waals surface area contributed by atoms with Crippen LogP contribution in [0.25, 0.3) is 0 Å². The van der Waals surface area contributed by atoms with Crippen LogP contribution in [0.3, 0.4) is 0 Å². The summed E-state index contributed by atoms with van der Waals surface area (Å²) in [6.07, 6.45) is 4.48. The normalized spacial score (nSPS) is 16.8. The molecule has 5 heteroatoms. The number of pyridine rings is 1. The van der Waals surface area contributed by atoms with Crippen LogP contribution in [0.1, 0.15) is 18.4 Å². The summed E-state index contributed by atoms with van der Waals surface area (Å²) in [5, 5.41) is 8.89. The number of aliphatic hydroxyl groups excluding tert-OH is 1. The number of nitrogens with zero attached hydrogens (tertiary/aromatic N) is 3. The van der Waals surface area contributed by atoms with Crippen molar-refractivity contribution in [3.8, 4) is 0 Å². The van der Waals surface area contributed by atoms with Gasteiger partial charge in [-0.3, -0.25) is 0 Å². The molecule has 106 valence electrons. The lowest BCUT2D eigenvalue weighted by Gasteiger charge is -2.34. The number of anilines is 2. The Balaban J connectivity index is 2.09. The van der Waals surface area contributed by atoms with E-state index in [0.717, 1.165) is 56.9 Å². The molecule has 1 aromatic rings. The zero-order chi connectivity index (χ0) is 13.7. The third kappa shape index (κ3) is 3.81. The van der Waals surface area contributed by atoms with Crippen molar-refractivity contribution < 1.29 is 5.11 Å². The highest BCUT2D eigenvalue weighted by molar-refractivity contribution is 5.53. The summed E-state index contributed by atoms with van der Waals surface area (Å²) in [5.41, 5.74) is 7.77. The molecule has 19 heavy (non-hydrogen) atoms. The minimum Gasteiger partial charge on any atom is -0.397 e. The van der Waals surface area contributed by atoms with Crippen LogP contribution in [0.15, 0.2) is 12.3 Å². The van der Waals surface area contributed by atoms with Gasteiger partial charge in [0, 0.05) is 32.8 Å². The van der Waals surface area contributed by atoms with E-state index in [1.54, 1.807) is 6.20 Å². The summed E-state index contributed by atoms with van der Waals surface area (Å²) in [4.78, 5) is 9.20. The molecule has 0 bridgehead atoms. The van der Waals surface area contributed by atoms with E-state index in [4.69, 9.17) is 10.8 Å². The van der Waals surface area contributed by atoms with Crippen LogP contribution in [0, 0.1) is 0 Å². The summed E-state index contributed by atoms with van der Waals surface area (Å²) in [7, 11) is 2.15. The lowest BCUT2D eigenvalue weighted by Crippen LogP contribution is -2.45. The Kier molecular flexibility index (Phi) is 4.99. The average Bonchev–Trinajstić information content (AvgIpc) is 2.41. The molecule has 0 radical (unpaired) electrons. The third-order valence-electron chi connectivity index (χ3n) is 3.62. The van der Waals surface area contributed by atoms with Crippen LogP contribution in [-0.2, 0) is 6.42 Å². The number of nitrogens with two attached hydrogens (primary N) is 1. The first-order valence-electron chi connectivity index (χ1n) is 6.99. The molecule has 0 unspecified atom stereocenters. The van der Waals surface area contributed by atoms with Crippen LogP contribution >= 0.6 is 0 Å². The molecule has 0 saturated carbocycles. The molecule has 0 aliphatic carbocycles. The molecular formula is C14H24N4O. The maximum atomic E-state index is 8.89. The fourth-order valence-corrected chi connectivity index (χ4v) is 2.44. The molecule has 1 aliphatic heterocycles. The largest absolute Gasteiger partial charge is 0.397 e. The second-order valence-corrected chi connectivity index (χ2v) is 5.22. The molecule has 1 aliphatic rings. The Morgan fingerprint density at radius 1 is 1.26 bits per heavy atom. The number of hydrogen-bond donors (Lipinski definition) is 2. The lowest BCUT2D eigenvalue weighted by atomic mass is 10.1. The molecular weight excluding hydrogens is 240 g/mol. The van der Waals surface area contributed by atoms with Crippen LogP contribution in [0.4, 0.5) is 11.5 Å². The number of hydrogen-bond acceptors (Lipinski definition) is 5. The van der Waals surface area contributed by atoms with Crippen molar-refractivity contribution in [3.05, 3.63) is 17.8 Å². The Hall–Kier alpha value is -1.33. The van der Waals surface area contributed by atoms with E-state index in [9.17, 15) is 0 Å². The summed E-state index contributed by atoms with van der Waals surface area (Å²) in [5.74, 6) is 1.07. The van der Waals surface area contributed by atoms with Crippen molar-refractivity contribution in [2.75, 3.05) is 50.5 Å². The number of piperazine rings is 1. The lowest BCUT2D eigenvalue weighted by molar-refractivity contribution is 0.284. The van der Waals surface area contributed by atoms with E-state index in [-0.39, 0.29) is 6.61 Å². The van der Waals surface area contributed by atoms with Gasteiger partial charge in [0.25, 0.3) is 0 Å². The minimum absolute atomic E-state index is 0.250. The summed E-state index contributed by atoms with van der Waals surface area (Å²) < 4.78 is 0. The second kappa shape index (κ2) is 6.73. The first-order valence-corrected chi connectivity index (χ1v) is 6.99. The van der Waals surface area contributed by atoms with Gasteiger partial charge in [0.2, 0.25) is 0 Å². The van der Waals surface area contributed by atoms with E-state index in [2.05, 4.69) is 21.8 Å². The number of likely N-dealkylation sites (N-methyl/N-ethyl adjacent to an activating group) is 1. The number of aromatic nitrogens is 1. The van der Waals surface area contributed by atoms with Gasteiger partial charge >= 0.3 is 0 Å². The third-order valence-corrected chi connectivity index (χ3v) is 3.62. The van der Waals surface area contributed by atoms with Crippen molar-refractivity contribution in [2.45, 2.75) is 19.3 Å². The average molecular weight is 264 g/mol. The van der Waals surface area contributed by atoms with E-state index >= 15 is 0 Å². The number of rotatable bonds is 5. The fraction of sp³-hybridized carbons (Fsp3) is 0.643. The smallest absolute Gasteiger partial charge is 0.131 e. The van der Waals surface area contributed by atoms with Gasteiger partial charge < -0.3 is 20.6 Å². The molecule has 0 amide bonds. The van der Waals surface area contributed by atoms with Gasteiger partial charge in [-0.15, -0.1) is 0 Å². The SMILES string of the molecule is CN1CCN(c2ncc(N)cc2CCCCO)CC1. The highest BCUT2D eigenvalue weighted by Gasteiger charge is 2.18. The van der Waals surface area contributed by atoms with Gasteiger partial charge in [-0.05, 0) is 37.9 Å². The second-order valence-electron chi connectivity index (χ2n) is 5.22. The van der Waals surface area contributed by atoms with Gasteiger partial charge in [-0.25, -0.2) is 4.98 Å². The van der Waals surface area contributed by atoms with Gasteiger partial charge in [0.05, 0.1) is 11.9 Å². The van der Waals surface area contributed by atoms with E-state index < -0.39 is 0 Å². The number of aryl methyl sites for hydroxylation is 1. The molecule has 2 rings (SSSR count). The van der Waals surface area contributed by atoms with Crippen LogP contribution < -0.4 is 10.6 Å². The van der Waals surface area contributed by atoms with Gasteiger partial charge in [0.1, 0.15) is 5.82 Å². The molecule has 0 spiro atoms. The number of aliphatic hydroxyl groups is 1. The number of nitrogen functional groups attached to an aromatic ring is 1. The standard InChI is InChI=1S/C14H24N4O/c1-17-5-7-18(8-6-17)14-12(4-2-3-9-19)10-13(15)11-16-14/h10-11,19H,2-9,15H2,1H3. The van der Waals surface area contributed by atoms with Crippen molar-refractivity contribution >= 4 is 11.5 Å². The highest BCUT2D eigenvalue weighted by Crippen LogP contribution is 2.23. The first-order chi connectivity index (χ1) is 9.20. The van der Waals surface area contributed by atoms with Gasteiger partial charge in [-0.2, -0.15) is 0 Å². The van der Waals surface area contributed by atoms with Crippen molar-refractivity contribution in [1.29, 1.82) is 0 Å². The molecule has 5 nitrogen and oxygen atoms in total. The Morgan fingerprint density at radius 2 is 2.00 bits per heavy atom. The molecule has 2 heterocycles. The predicted octanol–water partition coefficient (Wildman–Crippen LogP) is 0.731. The topological polar surface area (TPSA) is 65.6 Å². The molecule has 3 N–H and O–H groups in total. The maximum Gasteiger partial charge on any atom is 0.131 e. The summed E-state index contributed by atoms with van der Waals surface area (Å²) in [6.45, 7) is 4.42. The molecule has 1 fully saturated rings. The Morgan fingerprint density at radius 3 is 2.68 bits per heavy atom. The Labute approximate surface area is 115 Å². The molecule has 1 saturated heterocycles. The van der Waals surface area contributed by atoms with Crippen LogP contribution in [0.5, 0.6) is 0 Å². The zero-order valence-electron chi connectivity index (χ0n) is 11.7. The summed E-state index contributed by atoms with van der Waals surface area (Å²) >= 11 is 0. The van der Waals surface area contributed by atoms with Crippen molar-refractivity contribution in [1.82, 2.24) is 9.88 Å². The van der Waals surface area contributed by atoms with Crippen LogP contribution in [0.2, 0.25) is 0 Å². The number of unbranched alkanes of at least 4 members (excludes halogenated alkanes) is 1. The highest BCUT2D eigenvalue weighted by atomic mass is 16.2. The van der Waals surface area contributed by atoms with Gasteiger partial charge in [0.15, 0.2) is 0 Å². The van der Waals surface area contributed by atoms with E-state index in [1.807, 2.05) is 6.07 Å². The fourth-order valence-electron chi connectivity index (χ4n) is 2.44. The first kappa shape index (κ1) is 14.1. The summed E-state index contributed by atoms with van der Waals surface area (Å²) in [6, 6.07) is 2.03. The van der Waals surface area contributed by atoms with E-state index in [1.165, 1.54) is 5.56 Å². The molecule has 0 aromatic carbocycles. The van der Waals surface area contributed by atoms with Crippen molar-refractivity contribution in [3.63, 3.8) is 0 Å². The Bertz CT molecular complexity index is 402.